The highest BCUT2D eigenvalue weighted by atomic mass is 35.5. The summed E-state index contributed by atoms with van der Waals surface area (Å²) in [6.45, 7) is 3.64. The van der Waals surface area contributed by atoms with Crippen LogP contribution in [0, 0.1) is 6.92 Å². The number of hydrogen-bond acceptors (Lipinski definition) is 4. The van der Waals surface area contributed by atoms with E-state index in [1.165, 1.54) is 19.3 Å². The molecule has 1 fully saturated rings. The Hall–Kier alpha value is -0.870. The van der Waals surface area contributed by atoms with E-state index < -0.39 is 0 Å². The zero-order valence-electron chi connectivity index (χ0n) is 10.1. The molecule has 17 heavy (non-hydrogen) atoms. The molecule has 0 amide bonds. The van der Waals surface area contributed by atoms with Gasteiger partial charge in [0.05, 0.1) is 6.61 Å². The van der Waals surface area contributed by atoms with E-state index in [-0.39, 0.29) is 0 Å². The van der Waals surface area contributed by atoms with Gasteiger partial charge in [0.15, 0.2) is 0 Å². The third-order valence-corrected chi connectivity index (χ3v) is 3.11. The maximum absolute atomic E-state index is 5.83. The zero-order chi connectivity index (χ0) is 12.1. The van der Waals surface area contributed by atoms with Crippen molar-refractivity contribution in [1.29, 1.82) is 0 Å². The van der Waals surface area contributed by atoms with E-state index in [4.69, 9.17) is 16.3 Å². The van der Waals surface area contributed by atoms with Gasteiger partial charge in [-0.2, -0.15) is 4.98 Å². The lowest BCUT2D eigenvalue weighted by molar-refractivity contribution is 0.252. The number of nitrogens with zero attached hydrogens (tertiary/aromatic N) is 2. The van der Waals surface area contributed by atoms with Gasteiger partial charge in [0.1, 0.15) is 5.15 Å². The summed E-state index contributed by atoms with van der Waals surface area (Å²) < 4.78 is 5.52. The van der Waals surface area contributed by atoms with Crippen molar-refractivity contribution in [2.45, 2.75) is 38.6 Å². The molecule has 0 aromatic carbocycles. The fourth-order valence-corrected chi connectivity index (χ4v) is 2.26. The smallest absolute Gasteiger partial charge is 0.318 e. The predicted molar refractivity (Wildman–Crippen MR) is 67.5 cm³/mol. The number of halogens is 1. The quantitative estimate of drug-likeness (QED) is 0.839. The summed E-state index contributed by atoms with van der Waals surface area (Å²) in [7, 11) is 0. The summed E-state index contributed by atoms with van der Waals surface area (Å²) in [5.74, 6) is 0. The normalized spacial score (nSPS) is 20.2. The summed E-state index contributed by atoms with van der Waals surface area (Å²) in [5, 5.41) is 3.91. The molecule has 0 radical (unpaired) electrons. The number of rotatable bonds is 4. The van der Waals surface area contributed by atoms with E-state index in [9.17, 15) is 0 Å². The van der Waals surface area contributed by atoms with Gasteiger partial charge in [-0.3, -0.25) is 0 Å². The molecule has 94 valence electrons. The fraction of sp³-hybridized carbons (Fsp3) is 0.667. The van der Waals surface area contributed by atoms with Gasteiger partial charge in [-0.05, 0) is 38.8 Å². The average Bonchev–Trinajstić information content (AvgIpc) is 2.29. The molecule has 0 aliphatic carbocycles. The van der Waals surface area contributed by atoms with Gasteiger partial charge in [0.25, 0.3) is 0 Å². The lowest BCUT2D eigenvalue weighted by Crippen LogP contribution is -2.35. The van der Waals surface area contributed by atoms with Gasteiger partial charge in [-0.15, -0.1) is 0 Å². The largest absolute Gasteiger partial charge is 0.463 e. The standard InChI is InChI=1S/C12H18ClN3O/c1-9-8-11(13)16-12(15-9)17-7-5-10-4-2-3-6-14-10/h8,10,14H,2-7H2,1H3. The highest BCUT2D eigenvalue weighted by Gasteiger charge is 2.12. The first-order valence-electron chi connectivity index (χ1n) is 6.11. The Morgan fingerprint density at radius 1 is 1.47 bits per heavy atom. The number of ether oxygens (including phenoxy) is 1. The maximum Gasteiger partial charge on any atom is 0.318 e. The first-order valence-corrected chi connectivity index (χ1v) is 6.49. The minimum atomic E-state index is 0.380. The third kappa shape index (κ3) is 4.13. The molecular formula is C12H18ClN3O. The summed E-state index contributed by atoms with van der Waals surface area (Å²) in [5.41, 5.74) is 0.829. The van der Waals surface area contributed by atoms with Gasteiger partial charge in [-0.25, -0.2) is 4.98 Å². The molecule has 2 heterocycles. The van der Waals surface area contributed by atoms with Crippen molar-refractivity contribution >= 4 is 11.6 Å². The van der Waals surface area contributed by atoms with E-state index in [0.717, 1.165) is 18.7 Å². The lowest BCUT2D eigenvalue weighted by atomic mass is 10.0. The van der Waals surface area contributed by atoms with Crippen molar-refractivity contribution in [1.82, 2.24) is 15.3 Å². The van der Waals surface area contributed by atoms with Crippen LogP contribution in [0.25, 0.3) is 0 Å². The number of piperidine rings is 1. The number of aromatic nitrogens is 2. The van der Waals surface area contributed by atoms with Crippen molar-refractivity contribution in [3.8, 4) is 6.01 Å². The van der Waals surface area contributed by atoms with E-state index in [2.05, 4.69) is 15.3 Å². The molecule has 1 saturated heterocycles. The second-order valence-corrected chi connectivity index (χ2v) is 4.79. The molecule has 0 spiro atoms. The maximum atomic E-state index is 5.83. The highest BCUT2D eigenvalue weighted by Crippen LogP contribution is 2.13. The third-order valence-electron chi connectivity index (χ3n) is 2.91. The van der Waals surface area contributed by atoms with Crippen LogP contribution < -0.4 is 10.1 Å². The molecule has 1 aromatic rings. The van der Waals surface area contributed by atoms with Gasteiger partial charge in [-0.1, -0.05) is 18.0 Å². The minimum Gasteiger partial charge on any atom is -0.463 e. The number of aryl methyl sites for hydroxylation is 1. The van der Waals surface area contributed by atoms with Crippen LogP contribution in [0.1, 0.15) is 31.4 Å². The zero-order valence-corrected chi connectivity index (χ0v) is 10.8. The monoisotopic (exact) mass is 255 g/mol. The predicted octanol–water partition coefficient (Wildman–Crippen LogP) is 2.35. The van der Waals surface area contributed by atoms with Crippen LogP contribution in [0.3, 0.4) is 0 Å². The summed E-state index contributed by atoms with van der Waals surface area (Å²) in [4.78, 5) is 8.21. The van der Waals surface area contributed by atoms with Crippen molar-refractivity contribution in [3.05, 3.63) is 16.9 Å². The highest BCUT2D eigenvalue weighted by molar-refractivity contribution is 6.29. The van der Waals surface area contributed by atoms with Gasteiger partial charge >= 0.3 is 6.01 Å². The minimum absolute atomic E-state index is 0.380. The first-order chi connectivity index (χ1) is 8.24. The lowest BCUT2D eigenvalue weighted by Gasteiger charge is -2.23. The van der Waals surface area contributed by atoms with E-state index in [1.807, 2.05) is 6.92 Å². The van der Waals surface area contributed by atoms with Crippen LogP contribution in [0.4, 0.5) is 0 Å². The van der Waals surface area contributed by atoms with Crippen LogP contribution in [0.15, 0.2) is 6.07 Å². The molecule has 0 saturated carbocycles. The molecule has 1 aliphatic rings. The van der Waals surface area contributed by atoms with Crippen LogP contribution in [0.2, 0.25) is 5.15 Å². The van der Waals surface area contributed by atoms with Gasteiger partial charge in [0, 0.05) is 11.7 Å². The Morgan fingerprint density at radius 2 is 2.35 bits per heavy atom. The molecule has 1 aromatic heterocycles. The molecule has 1 unspecified atom stereocenters. The molecule has 0 bridgehead atoms. The summed E-state index contributed by atoms with van der Waals surface area (Å²) in [6, 6.07) is 2.67. The molecule has 4 nitrogen and oxygen atoms in total. The first kappa shape index (κ1) is 12.6. The van der Waals surface area contributed by atoms with Crippen molar-refractivity contribution in [2.75, 3.05) is 13.2 Å². The van der Waals surface area contributed by atoms with E-state index >= 15 is 0 Å². The van der Waals surface area contributed by atoms with Crippen molar-refractivity contribution < 1.29 is 4.74 Å². The molecule has 2 rings (SSSR count). The van der Waals surface area contributed by atoms with Crippen LogP contribution in [-0.2, 0) is 0 Å². The molecule has 1 atom stereocenters. The van der Waals surface area contributed by atoms with Gasteiger partial charge in [0.2, 0.25) is 0 Å². The molecular weight excluding hydrogens is 238 g/mol. The Kier molecular flexibility index (Phi) is 4.57. The van der Waals surface area contributed by atoms with Crippen LogP contribution in [0.5, 0.6) is 6.01 Å². The Balaban J connectivity index is 1.77. The van der Waals surface area contributed by atoms with E-state index in [1.54, 1.807) is 6.07 Å². The number of hydrogen-bond donors (Lipinski definition) is 1. The average molecular weight is 256 g/mol. The summed E-state index contributed by atoms with van der Waals surface area (Å²) in [6.07, 6.45) is 4.83. The van der Waals surface area contributed by atoms with Gasteiger partial charge < -0.3 is 10.1 Å². The topological polar surface area (TPSA) is 47.0 Å². The fourth-order valence-electron chi connectivity index (χ4n) is 2.03. The van der Waals surface area contributed by atoms with Crippen molar-refractivity contribution in [3.63, 3.8) is 0 Å². The SMILES string of the molecule is Cc1cc(Cl)nc(OCCC2CCCCN2)n1. The second-order valence-electron chi connectivity index (χ2n) is 4.40. The summed E-state index contributed by atoms with van der Waals surface area (Å²) >= 11 is 5.83. The molecule has 1 N–H and O–H groups in total. The van der Waals surface area contributed by atoms with Crippen LogP contribution in [-0.4, -0.2) is 29.2 Å². The molecule has 1 aliphatic heterocycles. The Bertz CT molecular complexity index is 347. The van der Waals surface area contributed by atoms with E-state index in [0.29, 0.717) is 23.8 Å². The Labute approximate surface area is 107 Å². The van der Waals surface area contributed by atoms with Crippen LogP contribution >= 0.6 is 11.6 Å². The Morgan fingerprint density at radius 3 is 3.06 bits per heavy atom. The molecule has 5 heteroatoms. The second kappa shape index (κ2) is 6.17. The van der Waals surface area contributed by atoms with Crippen molar-refractivity contribution in [2.24, 2.45) is 0 Å². The number of nitrogens with one attached hydrogen (secondary N) is 1.